The minimum absolute atomic E-state index is 0.164. The smallest absolute Gasteiger partial charge is 0.343 e. The summed E-state index contributed by atoms with van der Waals surface area (Å²) >= 11 is 0. The van der Waals surface area contributed by atoms with Crippen LogP contribution in [0, 0.1) is 5.92 Å². The third-order valence-electron chi connectivity index (χ3n) is 6.26. The molecule has 0 aromatic carbocycles. The zero-order valence-corrected chi connectivity index (χ0v) is 18.9. The standard InChI is InChI=1S/C23H30O8/c1-7-13(2)20(25)29-17-10-14(3)23(27-6)9-8-22(5,31-23)11-18-19(17)16(21(26)30-18)12-28-15(4)24/h7,11,14,17H,8-10,12H2,1-6H3/b13-7+,18-11+. The summed E-state index contributed by atoms with van der Waals surface area (Å²) in [6, 6.07) is 0. The number of hydrogen-bond acceptors (Lipinski definition) is 8. The molecule has 4 atom stereocenters. The van der Waals surface area contributed by atoms with Gasteiger partial charge in [-0.15, -0.1) is 0 Å². The summed E-state index contributed by atoms with van der Waals surface area (Å²) in [5.41, 5.74) is 0.285. The molecule has 3 aliphatic heterocycles. The first-order valence-corrected chi connectivity index (χ1v) is 10.4. The average Bonchev–Trinajstić information content (AvgIpc) is 3.22. The number of carbonyl (C=O) groups excluding carboxylic acids is 3. The maximum Gasteiger partial charge on any atom is 0.343 e. The highest BCUT2D eigenvalue weighted by atomic mass is 16.7. The summed E-state index contributed by atoms with van der Waals surface area (Å²) in [5.74, 6) is -2.41. The van der Waals surface area contributed by atoms with Crippen molar-refractivity contribution in [1.82, 2.24) is 0 Å². The van der Waals surface area contributed by atoms with E-state index >= 15 is 0 Å². The van der Waals surface area contributed by atoms with Crippen LogP contribution < -0.4 is 0 Å². The van der Waals surface area contributed by atoms with Gasteiger partial charge in [0, 0.05) is 37.5 Å². The zero-order valence-electron chi connectivity index (χ0n) is 18.9. The summed E-state index contributed by atoms with van der Waals surface area (Å²) in [6.07, 6.45) is 4.24. The van der Waals surface area contributed by atoms with Gasteiger partial charge in [0.15, 0.2) is 5.79 Å². The zero-order chi connectivity index (χ0) is 23.0. The molecule has 3 heterocycles. The van der Waals surface area contributed by atoms with Crippen LogP contribution in [0.25, 0.3) is 0 Å². The van der Waals surface area contributed by atoms with Gasteiger partial charge in [-0.2, -0.15) is 0 Å². The number of hydrogen-bond donors (Lipinski definition) is 0. The first-order valence-electron chi connectivity index (χ1n) is 10.4. The molecule has 0 spiro atoms. The second-order valence-corrected chi connectivity index (χ2v) is 8.50. The molecule has 170 valence electrons. The number of methoxy groups -OCH3 is 1. The predicted molar refractivity (Wildman–Crippen MR) is 109 cm³/mol. The van der Waals surface area contributed by atoms with Crippen LogP contribution in [0.15, 0.2) is 34.6 Å². The Balaban J connectivity index is 2.13. The second-order valence-electron chi connectivity index (χ2n) is 8.50. The molecular formula is C23H30O8. The maximum absolute atomic E-state index is 12.7. The molecule has 31 heavy (non-hydrogen) atoms. The second kappa shape index (κ2) is 8.59. The van der Waals surface area contributed by atoms with E-state index in [4.69, 9.17) is 23.7 Å². The fourth-order valence-electron chi connectivity index (χ4n) is 4.30. The SMILES string of the molecule is C/C=C(\C)C(=O)OC1CC(C)C2(OC)CCC(C)(/C=C3/OC(=O)C(COC(C)=O)=C31)O2. The van der Waals surface area contributed by atoms with Gasteiger partial charge in [-0.1, -0.05) is 13.0 Å². The van der Waals surface area contributed by atoms with Crippen molar-refractivity contribution in [3.05, 3.63) is 34.6 Å². The lowest BCUT2D eigenvalue weighted by atomic mass is 9.85. The minimum Gasteiger partial charge on any atom is -0.461 e. The lowest BCUT2D eigenvalue weighted by molar-refractivity contribution is -0.255. The quantitative estimate of drug-likeness (QED) is 0.370. The number of ether oxygens (including phenoxy) is 5. The van der Waals surface area contributed by atoms with Crippen molar-refractivity contribution in [1.29, 1.82) is 0 Å². The topological polar surface area (TPSA) is 97.4 Å². The van der Waals surface area contributed by atoms with Gasteiger partial charge in [0.2, 0.25) is 0 Å². The van der Waals surface area contributed by atoms with Crippen LogP contribution in [-0.4, -0.2) is 49.1 Å². The summed E-state index contributed by atoms with van der Waals surface area (Å²) in [5, 5.41) is 0. The van der Waals surface area contributed by atoms with Crippen molar-refractivity contribution < 1.29 is 38.1 Å². The Morgan fingerprint density at radius 2 is 2.00 bits per heavy atom. The van der Waals surface area contributed by atoms with Crippen LogP contribution in [0.2, 0.25) is 0 Å². The fraction of sp³-hybridized carbons (Fsp3) is 0.609. The van der Waals surface area contributed by atoms with Crippen molar-refractivity contribution in [2.75, 3.05) is 13.7 Å². The lowest BCUT2D eigenvalue weighted by Gasteiger charge is -2.36. The van der Waals surface area contributed by atoms with Gasteiger partial charge in [-0.3, -0.25) is 4.79 Å². The maximum atomic E-state index is 12.7. The minimum atomic E-state index is -0.856. The van der Waals surface area contributed by atoms with Crippen molar-refractivity contribution in [3.63, 3.8) is 0 Å². The summed E-state index contributed by atoms with van der Waals surface area (Å²) < 4.78 is 28.7. The highest BCUT2D eigenvalue weighted by Crippen LogP contribution is 2.49. The van der Waals surface area contributed by atoms with E-state index in [1.54, 1.807) is 33.1 Å². The Kier molecular flexibility index (Phi) is 6.43. The van der Waals surface area contributed by atoms with E-state index in [9.17, 15) is 14.4 Å². The molecule has 8 nitrogen and oxygen atoms in total. The highest BCUT2D eigenvalue weighted by Gasteiger charge is 2.53. The van der Waals surface area contributed by atoms with E-state index in [-0.39, 0.29) is 23.9 Å². The Hall–Kier alpha value is -2.45. The largest absolute Gasteiger partial charge is 0.461 e. The van der Waals surface area contributed by atoms with Crippen molar-refractivity contribution in [3.8, 4) is 0 Å². The number of fused-ring (bicyclic) bond motifs is 3. The summed E-state index contributed by atoms with van der Waals surface area (Å²) in [6.45, 7) is 8.27. The van der Waals surface area contributed by atoms with E-state index in [1.165, 1.54) is 6.92 Å². The molecule has 0 N–H and O–H groups in total. The molecule has 3 aliphatic rings. The molecular weight excluding hydrogens is 404 g/mol. The van der Waals surface area contributed by atoms with E-state index in [0.717, 1.165) is 0 Å². The van der Waals surface area contributed by atoms with Gasteiger partial charge in [-0.05, 0) is 39.7 Å². The van der Waals surface area contributed by atoms with E-state index in [1.807, 2.05) is 13.8 Å². The molecule has 0 radical (unpaired) electrons. The Morgan fingerprint density at radius 3 is 2.61 bits per heavy atom. The third-order valence-corrected chi connectivity index (χ3v) is 6.26. The van der Waals surface area contributed by atoms with Gasteiger partial charge in [-0.25, -0.2) is 9.59 Å². The fourth-order valence-corrected chi connectivity index (χ4v) is 4.30. The number of allylic oxidation sites excluding steroid dienone is 1. The average molecular weight is 434 g/mol. The number of carbonyl (C=O) groups is 3. The van der Waals surface area contributed by atoms with Gasteiger partial charge >= 0.3 is 17.9 Å². The molecule has 4 unspecified atom stereocenters. The van der Waals surface area contributed by atoms with E-state index < -0.39 is 35.4 Å². The molecule has 0 saturated carbocycles. The van der Waals surface area contributed by atoms with Crippen molar-refractivity contribution in [2.24, 2.45) is 5.92 Å². The molecule has 0 amide bonds. The van der Waals surface area contributed by atoms with Gasteiger partial charge in [0.05, 0.1) is 11.2 Å². The van der Waals surface area contributed by atoms with Crippen molar-refractivity contribution in [2.45, 2.75) is 71.4 Å². The first kappa shape index (κ1) is 23.2. The van der Waals surface area contributed by atoms with Gasteiger partial charge in [0.1, 0.15) is 18.5 Å². The summed E-state index contributed by atoms with van der Waals surface area (Å²) in [4.78, 5) is 36.7. The van der Waals surface area contributed by atoms with Crippen molar-refractivity contribution >= 4 is 17.9 Å². The molecule has 8 heteroatoms. The number of esters is 3. The molecule has 0 aliphatic carbocycles. The van der Waals surface area contributed by atoms with Crippen LogP contribution in [0.4, 0.5) is 0 Å². The van der Waals surface area contributed by atoms with Crippen LogP contribution in [0.1, 0.15) is 53.9 Å². The van der Waals surface area contributed by atoms with Crippen LogP contribution >= 0.6 is 0 Å². The van der Waals surface area contributed by atoms with Gasteiger partial charge < -0.3 is 23.7 Å². The number of rotatable bonds is 5. The molecule has 0 aromatic heterocycles. The van der Waals surface area contributed by atoms with Crippen LogP contribution in [0.5, 0.6) is 0 Å². The monoisotopic (exact) mass is 434 g/mol. The third kappa shape index (κ3) is 4.45. The highest BCUT2D eigenvalue weighted by molar-refractivity contribution is 5.96. The molecule has 0 aromatic rings. The predicted octanol–water partition coefficient (Wildman–Crippen LogP) is 3.12. The summed E-state index contributed by atoms with van der Waals surface area (Å²) in [7, 11) is 1.60. The van der Waals surface area contributed by atoms with E-state index in [0.29, 0.717) is 30.4 Å². The van der Waals surface area contributed by atoms with Crippen LogP contribution in [0.3, 0.4) is 0 Å². The Labute approximate surface area is 182 Å². The lowest BCUT2D eigenvalue weighted by Crippen LogP contribution is -2.42. The molecule has 3 rings (SSSR count). The van der Waals surface area contributed by atoms with E-state index in [2.05, 4.69) is 0 Å². The normalized spacial score (nSPS) is 34.7. The van der Waals surface area contributed by atoms with Gasteiger partial charge in [0.25, 0.3) is 0 Å². The van der Waals surface area contributed by atoms with Crippen LogP contribution in [-0.2, 0) is 38.1 Å². The molecule has 2 bridgehead atoms. The Bertz CT molecular complexity index is 882. The Morgan fingerprint density at radius 1 is 1.29 bits per heavy atom. The molecule has 1 saturated heterocycles. The molecule has 1 fully saturated rings. The first-order chi connectivity index (χ1) is 14.5.